The van der Waals surface area contributed by atoms with Crippen LogP contribution < -0.4 is 5.32 Å². The third-order valence-electron chi connectivity index (χ3n) is 4.35. The first-order chi connectivity index (χ1) is 13.8. The van der Waals surface area contributed by atoms with Crippen LogP contribution in [0.15, 0.2) is 61.2 Å². The van der Waals surface area contributed by atoms with Crippen LogP contribution in [0.2, 0.25) is 0 Å². The van der Waals surface area contributed by atoms with Gasteiger partial charge in [0.05, 0.1) is 12.1 Å². The predicted octanol–water partition coefficient (Wildman–Crippen LogP) is 3.69. The van der Waals surface area contributed by atoms with Crippen molar-refractivity contribution >= 4 is 6.03 Å². The van der Waals surface area contributed by atoms with E-state index in [9.17, 15) is 18.0 Å². The van der Waals surface area contributed by atoms with Gasteiger partial charge in [-0.25, -0.2) is 14.5 Å². The van der Waals surface area contributed by atoms with Crippen molar-refractivity contribution in [2.75, 3.05) is 7.05 Å². The van der Waals surface area contributed by atoms with E-state index in [1.165, 1.54) is 36.5 Å². The highest BCUT2D eigenvalue weighted by Gasteiger charge is 2.33. The minimum atomic E-state index is -4.46. The van der Waals surface area contributed by atoms with E-state index in [0.29, 0.717) is 6.54 Å². The van der Waals surface area contributed by atoms with Crippen molar-refractivity contribution < 1.29 is 18.0 Å². The molecule has 1 aromatic heterocycles. The molecule has 0 aliphatic rings. The molecule has 3 aromatic rings. The largest absolute Gasteiger partial charge is 0.416 e. The third-order valence-corrected chi connectivity index (χ3v) is 4.35. The second-order valence-corrected chi connectivity index (χ2v) is 6.58. The Morgan fingerprint density at radius 3 is 2.45 bits per heavy atom. The summed E-state index contributed by atoms with van der Waals surface area (Å²) in [4.78, 5) is 17.4. The number of aromatic nitrogens is 3. The van der Waals surface area contributed by atoms with Gasteiger partial charge in [0.2, 0.25) is 0 Å². The smallest absolute Gasteiger partial charge is 0.334 e. The molecule has 0 aliphatic heterocycles. The topological polar surface area (TPSA) is 63.1 Å². The molecule has 3 rings (SSSR count). The summed E-state index contributed by atoms with van der Waals surface area (Å²) in [7, 11) is 1.46. The number of hydrogen-bond acceptors (Lipinski definition) is 3. The third kappa shape index (κ3) is 5.56. The summed E-state index contributed by atoms with van der Waals surface area (Å²) in [5.41, 5.74) is 1.23. The SMILES string of the molecule is CN(Cc1ccccc1C(F)(F)F)C(=O)NCc1ccc(Cn2cncn2)cc1. The molecule has 0 atom stereocenters. The van der Waals surface area contributed by atoms with Crippen LogP contribution in [0.25, 0.3) is 0 Å². The molecule has 0 fully saturated rings. The van der Waals surface area contributed by atoms with Gasteiger partial charge in [0.1, 0.15) is 12.7 Å². The van der Waals surface area contributed by atoms with Crippen LogP contribution in [0, 0.1) is 0 Å². The summed E-state index contributed by atoms with van der Waals surface area (Å²) >= 11 is 0. The molecule has 0 radical (unpaired) electrons. The second-order valence-electron chi connectivity index (χ2n) is 6.58. The van der Waals surface area contributed by atoms with Crippen LogP contribution in [0.3, 0.4) is 0 Å². The number of hydrogen-bond donors (Lipinski definition) is 1. The molecule has 2 amide bonds. The molecule has 6 nitrogen and oxygen atoms in total. The van der Waals surface area contributed by atoms with Gasteiger partial charge in [0, 0.05) is 20.1 Å². The first-order valence-electron chi connectivity index (χ1n) is 8.87. The van der Waals surface area contributed by atoms with Crippen molar-refractivity contribution in [1.82, 2.24) is 25.0 Å². The number of rotatable bonds is 6. The highest BCUT2D eigenvalue weighted by molar-refractivity contribution is 5.73. The van der Waals surface area contributed by atoms with Crippen LogP contribution in [-0.2, 0) is 25.8 Å². The van der Waals surface area contributed by atoms with Gasteiger partial charge in [0.15, 0.2) is 0 Å². The molecule has 0 unspecified atom stereocenters. The first kappa shape index (κ1) is 20.4. The van der Waals surface area contributed by atoms with E-state index in [2.05, 4.69) is 15.4 Å². The fourth-order valence-corrected chi connectivity index (χ4v) is 2.84. The van der Waals surface area contributed by atoms with Crippen molar-refractivity contribution in [2.24, 2.45) is 0 Å². The zero-order valence-corrected chi connectivity index (χ0v) is 15.7. The van der Waals surface area contributed by atoms with Gasteiger partial charge in [-0.2, -0.15) is 18.3 Å². The van der Waals surface area contributed by atoms with Gasteiger partial charge in [0.25, 0.3) is 0 Å². The number of nitrogens with one attached hydrogen (secondary N) is 1. The fraction of sp³-hybridized carbons (Fsp3) is 0.250. The Labute approximate surface area is 166 Å². The van der Waals surface area contributed by atoms with Gasteiger partial charge in [-0.05, 0) is 22.8 Å². The van der Waals surface area contributed by atoms with Crippen LogP contribution in [0.4, 0.5) is 18.0 Å². The molecule has 0 bridgehead atoms. The molecule has 0 saturated carbocycles. The molecule has 29 heavy (non-hydrogen) atoms. The van der Waals surface area contributed by atoms with Crippen molar-refractivity contribution in [3.05, 3.63) is 83.4 Å². The van der Waals surface area contributed by atoms with Crippen molar-refractivity contribution in [3.63, 3.8) is 0 Å². The van der Waals surface area contributed by atoms with Crippen LogP contribution in [0.1, 0.15) is 22.3 Å². The summed E-state index contributed by atoms with van der Waals surface area (Å²) in [6, 6.07) is 12.4. The number of halogens is 3. The predicted molar refractivity (Wildman–Crippen MR) is 101 cm³/mol. The molecule has 152 valence electrons. The highest BCUT2D eigenvalue weighted by Crippen LogP contribution is 2.32. The van der Waals surface area contributed by atoms with Crippen LogP contribution in [0.5, 0.6) is 0 Å². The Morgan fingerprint density at radius 2 is 1.79 bits per heavy atom. The van der Waals surface area contributed by atoms with E-state index in [1.807, 2.05) is 24.3 Å². The first-order valence-corrected chi connectivity index (χ1v) is 8.87. The van der Waals surface area contributed by atoms with Crippen molar-refractivity contribution in [1.29, 1.82) is 0 Å². The van der Waals surface area contributed by atoms with Crippen molar-refractivity contribution in [2.45, 2.75) is 25.8 Å². The van der Waals surface area contributed by atoms with E-state index in [-0.39, 0.29) is 18.7 Å². The van der Waals surface area contributed by atoms with Crippen LogP contribution >= 0.6 is 0 Å². The minimum Gasteiger partial charge on any atom is -0.334 e. The number of carbonyl (C=O) groups excluding carboxylic acids is 1. The van der Waals surface area contributed by atoms with Gasteiger partial charge in [-0.3, -0.25) is 0 Å². The Kier molecular flexibility index (Phi) is 6.16. The van der Waals surface area contributed by atoms with Gasteiger partial charge >= 0.3 is 12.2 Å². The number of carbonyl (C=O) groups is 1. The monoisotopic (exact) mass is 403 g/mol. The highest BCUT2D eigenvalue weighted by atomic mass is 19.4. The van der Waals surface area contributed by atoms with Gasteiger partial charge in [-0.15, -0.1) is 0 Å². The summed E-state index contributed by atoms with van der Waals surface area (Å²) < 4.78 is 41.0. The molecule has 1 N–H and O–H groups in total. The van der Waals surface area contributed by atoms with E-state index in [4.69, 9.17) is 0 Å². The Morgan fingerprint density at radius 1 is 1.10 bits per heavy atom. The zero-order valence-electron chi connectivity index (χ0n) is 15.7. The lowest BCUT2D eigenvalue weighted by Gasteiger charge is -2.20. The molecule has 2 aromatic carbocycles. The molecule has 1 heterocycles. The Bertz CT molecular complexity index is 940. The van der Waals surface area contributed by atoms with E-state index >= 15 is 0 Å². The lowest BCUT2D eigenvalue weighted by molar-refractivity contribution is -0.138. The maximum absolute atomic E-state index is 13.1. The Balaban J connectivity index is 1.54. The standard InChI is InChI=1S/C20H20F3N5O/c1-27(12-17-4-2-3-5-18(17)20(21,22)23)19(29)25-10-15-6-8-16(9-7-15)11-28-14-24-13-26-28/h2-9,13-14H,10-12H2,1H3,(H,25,29). The Hall–Kier alpha value is -3.36. The number of benzene rings is 2. The summed E-state index contributed by atoms with van der Waals surface area (Å²) in [5.74, 6) is 0. The lowest BCUT2D eigenvalue weighted by Crippen LogP contribution is -2.36. The average Bonchev–Trinajstić information content (AvgIpc) is 3.20. The summed E-state index contributed by atoms with van der Waals surface area (Å²) in [5, 5.41) is 6.76. The summed E-state index contributed by atoms with van der Waals surface area (Å²) in [6.45, 7) is 0.722. The zero-order chi connectivity index (χ0) is 20.9. The number of alkyl halides is 3. The lowest BCUT2D eigenvalue weighted by atomic mass is 10.1. The average molecular weight is 403 g/mol. The molecule has 0 aliphatic carbocycles. The maximum Gasteiger partial charge on any atom is 0.416 e. The van der Waals surface area contributed by atoms with E-state index in [1.54, 1.807) is 11.0 Å². The number of amides is 2. The molecular formula is C20H20F3N5O. The number of urea groups is 1. The fourth-order valence-electron chi connectivity index (χ4n) is 2.84. The summed E-state index contributed by atoms with van der Waals surface area (Å²) in [6.07, 6.45) is -1.36. The molecule has 0 saturated heterocycles. The van der Waals surface area contributed by atoms with Crippen molar-refractivity contribution in [3.8, 4) is 0 Å². The quantitative estimate of drug-likeness (QED) is 0.683. The van der Waals surface area contributed by atoms with E-state index < -0.39 is 17.8 Å². The minimum absolute atomic E-state index is 0.0510. The normalized spacial score (nSPS) is 11.3. The number of nitrogens with zero attached hydrogens (tertiary/aromatic N) is 4. The van der Waals surface area contributed by atoms with Gasteiger partial charge in [-0.1, -0.05) is 42.5 Å². The van der Waals surface area contributed by atoms with Crippen LogP contribution in [-0.4, -0.2) is 32.7 Å². The second kappa shape index (κ2) is 8.76. The van der Waals surface area contributed by atoms with E-state index in [0.717, 1.165) is 17.2 Å². The molecule has 0 spiro atoms. The van der Waals surface area contributed by atoms with Gasteiger partial charge < -0.3 is 10.2 Å². The maximum atomic E-state index is 13.1. The molecule has 9 heteroatoms. The molecular weight excluding hydrogens is 383 g/mol.